The Balaban J connectivity index is 1.24. The maximum atomic E-state index is 12.1. The summed E-state index contributed by atoms with van der Waals surface area (Å²) in [5.41, 5.74) is 4.12. The molecule has 0 radical (unpaired) electrons. The Kier molecular flexibility index (Phi) is 6.92. The van der Waals surface area contributed by atoms with Crippen LogP contribution in [0.15, 0.2) is 101 Å². The standard InChI is InChI=1S/C26H21N3O4/c30-25(18-27-24-9-3-6-20-5-1-2-8-23(20)24)29-28-17-19-10-12-22(13-11-19)33-26(31)15-14-21-7-4-16-32-21/h1-17,27H,18H2,(H,29,30). The molecule has 0 unspecified atom stereocenters. The van der Waals surface area contributed by atoms with E-state index in [9.17, 15) is 9.59 Å². The molecule has 0 aliphatic rings. The van der Waals surface area contributed by atoms with Crippen LogP contribution in [0.3, 0.4) is 0 Å². The molecule has 1 heterocycles. The number of anilines is 1. The van der Waals surface area contributed by atoms with Gasteiger partial charge < -0.3 is 14.5 Å². The van der Waals surface area contributed by atoms with Crippen LogP contribution in [0.5, 0.6) is 5.75 Å². The van der Waals surface area contributed by atoms with E-state index < -0.39 is 5.97 Å². The van der Waals surface area contributed by atoms with Crippen LogP contribution in [0.4, 0.5) is 5.69 Å². The summed E-state index contributed by atoms with van der Waals surface area (Å²) in [6, 6.07) is 24.1. The highest BCUT2D eigenvalue weighted by Gasteiger charge is 2.04. The first-order valence-corrected chi connectivity index (χ1v) is 10.2. The summed E-state index contributed by atoms with van der Waals surface area (Å²) in [7, 11) is 0. The lowest BCUT2D eigenvalue weighted by molar-refractivity contribution is -0.129. The topological polar surface area (TPSA) is 92.9 Å². The SMILES string of the molecule is O=C(CNc1cccc2ccccc12)NN=Cc1ccc(OC(=O)C=Cc2ccco2)cc1. The summed E-state index contributed by atoms with van der Waals surface area (Å²) in [4.78, 5) is 24.0. The Morgan fingerprint density at radius 2 is 1.76 bits per heavy atom. The van der Waals surface area contributed by atoms with E-state index in [2.05, 4.69) is 15.8 Å². The van der Waals surface area contributed by atoms with Gasteiger partial charge in [-0.15, -0.1) is 0 Å². The quantitative estimate of drug-likeness (QED) is 0.137. The lowest BCUT2D eigenvalue weighted by Crippen LogP contribution is -2.25. The van der Waals surface area contributed by atoms with E-state index in [-0.39, 0.29) is 12.5 Å². The van der Waals surface area contributed by atoms with Gasteiger partial charge in [0.25, 0.3) is 5.91 Å². The highest BCUT2D eigenvalue weighted by atomic mass is 16.5. The molecule has 4 rings (SSSR count). The Morgan fingerprint density at radius 3 is 2.58 bits per heavy atom. The van der Waals surface area contributed by atoms with Crippen LogP contribution < -0.4 is 15.5 Å². The molecule has 1 aromatic heterocycles. The monoisotopic (exact) mass is 439 g/mol. The predicted octanol–water partition coefficient (Wildman–Crippen LogP) is 4.61. The molecule has 0 aliphatic heterocycles. The fourth-order valence-electron chi connectivity index (χ4n) is 3.08. The van der Waals surface area contributed by atoms with Crippen molar-refractivity contribution in [1.29, 1.82) is 0 Å². The minimum absolute atomic E-state index is 0.0890. The van der Waals surface area contributed by atoms with Gasteiger partial charge in [-0.25, -0.2) is 10.2 Å². The zero-order valence-corrected chi connectivity index (χ0v) is 17.6. The first kappa shape index (κ1) is 21.6. The van der Waals surface area contributed by atoms with Crippen molar-refractivity contribution >= 4 is 40.6 Å². The number of carbonyl (C=O) groups is 2. The lowest BCUT2D eigenvalue weighted by Gasteiger charge is -2.08. The molecule has 33 heavy (non-hydrogen) atoms. The number of furan rings is 1. The van der Waals surface area contributed by atoms with Gasteiger partial charge in [-0.2, -0.15) is 5.10 Å². The zero-order chi connectivity index (χ0) is 22.9. The van der Waals surface area contributed by atoms with E-state index in [0.29, 0.717) is 11.5 Å². The highest BCUT2D eigenvalue weighted by molar-refractivity contribution is 5.95. The number of nitrogens with zero attached hydrogens (tertiary/aromatic N) is 1. The van der Waals surface area contributed by atoms with E-state index in [0.717, 1.165) is 22.0 Å². The number of hydrazone groups is 1. The third-order valence-electron chi connectivity index (χ3n) is 4.66. The van der Waals surface area contributed by atoms with Gasteiger partial charge >= 0.3 is 5.97 Å². The van der Waals surface area contributed by atoms with Crippen molar-refractivity contribution in [3.05, 3.63) is 103 Å². The Labute approximate surface area is 190 Å². The number of ether oxygens (including phenoxy) is 1. The maximum Gasteiger partial charge on any atom is 0.336 e. The molecule has 3 aromatic carbocycles. The van der Waals surface area contributed by atoms with E-state index in [1.165, 1.54) is 24.6 Å². The summed E-state index contributed by atoms with van der Waals surface area (Å²) < 4.78 is 10.3. The molecule has 7 heteroatoms. The van der Waals surface area contributed by atoms with Crippen molar-refractivity contribution in [2.45, 2.75) is 0 Å². The van der Waals surface area contributed by atoms with Crippen LogP contribution in [0, 0.1) is 0 Å². The molecule has 7 nitrogen and oxygen atoms in total. The number of amides is 1. The van der Waals surface area contributed by atoms with Gasteiger partial charge in [-0.3, -0.25) is 4.79 Å². The van der Waals surface area contributed by atoms with Crippen LogP contribution in [-0.4, -0.2) is 24.6 Å². The number of esters is 1. The van der Waals surface area contributed by atoms with Crippen molar-refractivity contribution in [2.75, 3.05) is 11.9 Å². The van der Waals surface area contributed by atoms with E-state index >= 15 is 0 Å². The first-order chi connectivity index (χ1) is 16.2. The molecule has 4 aromatic rings. The largest absolute Gasteiger partial charge is 0.465 e. The number of carbonyl (C=O) groups excluding carboxylic acids is 2. The highest BCUT2D eigenvalue weighted by Crippen LogP contribution is 2.22. The first-order valence-electron chi connectivity index (χ1n) is 10.2. The fourth-order valence-corrected chi connectivity index (χ4v) is 3.08. The van der Waals surface area contributed by atoms with E-state index in [1.54, 1.807) is 36.4 Å². The van der Waals surface area contributed by atoms with Gasteiger partial charge in [0.2, 0.25) is 0 Å². The number of hydrogen-bond acceptors (Lipinski definition) is 6. The van der Waals surface area contributed by atoms with Crippen LogP contribution in [0.1, 0.15) is 11.3 Å². The zero-order valence-electron chi connectivity index (χ0n) is 17.6. The van der Waals surface area contributed by atoms with Crippen LogP contribution >= 0.6 is 0 Å². The number of nitrogens with one attached hydrogen (secondary N) is 2. The average Bonchev–Trinajstić information content (AvgIpc) is 3.36. The molecular weight excluding hydrogens is 418 g/mol. The third kappa shape index (κ3) is 6.18. The fraction of sp³-hybridized carbons (Fsp3) is 0.0385. The molecule has 0 saturated heterocycles. The van der Waals surface area contributed by atoms with Crippen LogP contribution in [0.25, 0.3) is 16.8 Å². The van der Waals surface area contributed by atoms with Crippen molar-refractivity contribution in [2.24, 2.45) is 5.10 Å². The average molecular weight is 439 g/mol. The molecule has 2 N–H and O–H groups in total. The molecule has 1 amide bonds. The second kappa shape index (κ2) is 10.6. The molecule has 0 spiro atoms. The predicted molar refractivity (Wildman–Crippen MR) is 128 cm³/mol. The third-order valence-corrected chi connectivity index (χ3v) is 4.66. The molecule has 0 aliphatic carbocycles. The van der Waals surface area contributed by atoms with Gasteiger partial charge in [0.05, 0.1) is 19.0 Å². The van der Waals surface area contributed by atoms with Gasteiger partial charge in [0.1, 0.15) is 11.5 Å². The second-order valence-electron chi connectivity index (χ2n) is 7.01. The summed E-state index contributed by atoms with van der Waals surface area (Å²) in [5, 5.41) is 9.26. The van der Waals surface area contributed by atoms with Gasteiger partial charge in [0.15, 0.2) is 0 Å². The normalized spacial score (nSPS) is 11.2. The molecule has 0 atom stereocenters. The van der Waals surface area contributed by atoms with Crippen LogP contribution in [-0.2, 0) is 9.59 Å². The Hall–Kier alpha value is -4.65. The van der Waals surface area contributed by atoms with Gasteiger partial charge in [-0.05, 0) is 59.5 Å². The number of hydrogen-bond donors (Lipinski definition) is 2. The number of rotatable bonds is 8. The summed E-state index contributed by atoms with van der Waals surface area (Å²) >= 11 is 0. The van der Waals surface area contributed by atoms with Crippen molar-refractivity contribution < 1.29 is 18.7 Å². The molecule has 164 valence electrons. The number of benzene rings is 3. The molecular formula is C26H21N3O4. The summed E-state index contributed by atoms with van der Waals surface area (Å²) in [6.45, 7) is 0.0890. The van der Waals surface area contributed by atoms with E-state index in [1.807, 2.05) is 42.5 Å². The summed E-state index contributed by atoms with van der Waals surface area (Å²) in [6.07, 6.45) is 5.85. The maximum absolute atomic E-state index is 12.1. The smallest absolute Gasteiger partial charge is 0.336 e. The van der Waals surface area contributed by atoms with Crippen molar-refractivity contribution in [3.8, 4) is 5.75 Å². The Morgan fingerprint density at radius 1 is 0.939 bits per heavy atom. The van der Waals surface area contributed by atoms with Crippen molar-refractivity contribution in [3.63, 3.8) is 0 Å². The minimum atomic E-state index is -0.515. The second-order valence-corrected chi connectivity index (χ2v) is 7.01. The van der Waals surface area contributed by atoms with Gasteiger partial charge in [-0.1, -0.05) is 36.4 Å². The number of fused-ring (bicyclic) bond motifs is 1. The van der Waals surface area contributed by atoms with E-state index in [4.69, 9.17) is 9.15 Å². The molecule has 0 fully saturated rings. The molecule has 0 saturated carbocycles. The Bertz CT molecular complexity index is 1290. The molecule has 0 bridgehead atoms. The minimum Gasteiger partial charge on any atom is -0.465 e. The summed E-state index contributed by atoms with van der Waals surface area (Å²) in [5.74, 6) is 0.171. The lowest BCUT2D eigenvalue weighted by atomic mass is 10.1. The van der Waals surface area contributed by atoms with Crippen molar-refractivity contribution in [1.82, 2.24) is 5.43 Å². The van der Waals surface area contributed by atoms with Gasteiger partial charge in [0, 0.05) is 17.1 Å². The van der Waals surface area contributed by atoms with Crippen LogP contribution in [0.2, 0.25) is 0 Å².